The number of nitrogens with zero attached hydrogens (tertiary/aromatic N) is 4. The van der Waals surface area contributed by atoms with E-state index in [4.69, 9.17) is 0 Å². The van der Waals surface area contributed by atoms with Crippen molar-refractivity contribution in [1.29, 1.82) is 0 Å². The lowest BCUT2D eigenvalue weighted by Crippen LogP contribution is -2.53. The third-order valence-electron chi connectivity index (χ3n) is 4.74. The Morgan fingerprint density at radius 1 is 1.42 bits per heavy atom. The van der Waals surface area contributed by atoms with Crippen molar-refractivity contribution in [3.63, 3.8) is 0 Å². The van der Waals surface area contributed by atoms with Crippen LogP contribution in [0.1, 0.15) is 41.5 Å². The molecule has 0 saturated carbocycles. The lowest BCUT2D eigenvalue weighted by molar-refractivity contribution is 0.0345. The number of nitrogens with one attached hydrogen (secondary N) is 1. The van der Waals surface area contributed by atoms with Crippen LogP contribution in [-0.4, -0.2) is 55.9 Å². The predicted molar refractivity (Wildman–Crippen MR) is 98.6 cm³/mol. The fourth-order valence-electron chi connectivity index (χ4n) is 3.36. The SMILES string of the molecule is CCCn1cc(C(=O)N[C@@H]2CCN(Cc3ccccn3)C[C@H]2O)c(C)n1. The number of amides is 1. The Balaban J connectivity index is 1.55. The maximum atomic E-state index is 12.6. The van der Waals surface area contributed by atoms with Gasteiger partial charge in [0.25, 0.3) is 5.91 Å². The van der Waals surface area contributed by atoms with E-state index < -0.39 is 6.10 Å². The molecule has 2 atom stereocenters. The van der Waals surface area contributed by atoms with Crippen LogP contribution in [0.3, 0.4) is 0 Å². The number of pyridine rings is 1. The number of aromatic nitrogens is 3. The number of carbonyl (C=O) groups is 1. The molecule has 140 valence electrons. The van der Waals surface area contributed by atoms with Crippen LogP contribution in [0.4, 0.5) is 0 Å². The maximum Gasteiger partial charge on any atom is 0.255 e. The third kappa shape index (κ3) is 4.47. The van der Waals surface area contributed by atoms with Gasteiger partial charge in [-0.1, -0.05) is 13.0 Å². The van der Waals surface area contributed by atoms with Crippen molar-refractivity contribution in [2.45, 2.75) is 51.9 Å². The van der Waals surface area contributed by atoms with Crippen LogP contribution in [0.15, 0.2) is 30.6 Å². The highest BCUT2D eigenvalue weighted by Crippen LogP contribution is 2.15. The van der Waals surface area contributed by atoms with Gasteiger partial charge in [-0.05, 0) is 31.9 Å². The molecular weight excluding hydrogens is 330 g/mol. The van der Waals surface area contributed by atoms with Crippen LogP contribution in [0.2, 0.25) is 0 Å². The van der Waals surface area contributed by atoms with Crippen molar-refractivity contribution in [1.82, 2.24) is 25.0 Å². The zero-order valence-corrected chi connectivity index (χ0v) is 15.4. The first kappa shape index (κ1) is 18.5. The normalized spacial score (nSPS) is 20.9. The van der Waals surface area contributed by atoms with Crippen LogP contribution in [0, 0.1) is 6.92 Å². The molecule has 0 aromatic carbocycles. The third-order valence-corrected chi connectivity index (χ3v) is 4.74. The Labute approximate surface area is 154 Å². The minimum atomic E-state index is -0.595. The Hall–Kier alpha value is -2.25. The number of likely N-dealkylation sites (tertiary alicyclic amines) is 1. The van der Waals surface area contributed by atoms with Crippen molar-refractivity contribution < 1.29 is 9.90 Å². The van der Waals surface area contributed by atoms with E-state index in [1.807, 2.05) is 25.1 Å². The molecule has 1 fully saturated rings. The molecule has 7 heteroatoms. The number of aliphatic hydroxyl groups excluding tert-OH is 1. The first-order valence-electron chi connectivity index (χ1n) is 9.22. The molecule has 1 aliphatic heterocycles. The van der Waals surface area contributed by atoms with Crippen LogP contribution in [-0.2, 0) is 13.1 Å². The molecule has 1 saturated heterocycles. The number of β-amino-alcohol motifs (C(OH)–C–C–N with tert-alkyl or cyclic N) is 1. The molecule has 1 aliphatic rings. The highest BCUT2D eigenvalue weighted by atomic mass is 16.3. The van der Waals surface area contributed by atoms with Crippen LogP contribution < -0.4 is 5.32 Å². The average molecular weight is 357 g/mol. The second kappa shape index (κ2) is 8.42. The summed E-state index contributed by atoms with van der Waals surface area (Å²) in [7, 11) is 0. The lowest BCUT2D eigenvalue weighted by atomic mass is 10.0. The van der Waals surface area contributed by atoms with E-state index in [0.29, 0.717) is 25.1 Å². The van der Waals surface area contributed by atoms with E-state index >= 15 is 0 Å². The van der Waals surface area contributed by atoms with Gasteiger partial charge in [0.1, 0.15) is 0 Å². The first-order chi connectivity index (χ1) is 12.6. The highest BCUT2D eigenvalue weighted by Gasteiger charge is 2.29. The summed E-state index contributed by atoms with van der Waals surface area (Å²) in [5, 5.41) is 17.8. The summed E-state index contributed by atoms with van der Waals surface area (Å²) in [5.74, 6) is -0.160. The second-order valence-corrected chi connectivity index (χ2v) is 6.88. The highest BCUT2D eigenvalue weighted by molar-refractivity contribution is 5.95. The Morgan fingerprint density at radius 2 is 2.27 bits per heavy atom. The van der Waals surface area contributed by atoms with Gasteiger partial charge in [-0.15, -0.1) is 0 Å². The molecule has 0 spiro atoms. The number of aliphatic hydroxyl groups is 1. The Kier molecular flexibility index (Phi) is 6.00. The fourth-order valence-corrected chi connectivity index (χ4v) is 3.36. The van der Waals surface area contributed by atoms with Crippen molar-refractivity contribution in [2.75, 3.05) is 13.1 Å². The van der Waals surface area contributed by atoms with E-state index in [1.54, 1.807) is 17.1 Å². The van der Waals surface area contributed by atoms with Gasteiger partial charge in [-0.3, -0.25) is 19.4 Å². The quantitative estimate of drug-likeness (QED) is 0.816. The summed E-state index contributed by atoms with van der Waals surface area (Å²) in [4.78, 5) is 19.1. The van der Waals surface area contributed by atoms with Crippen molar-refractivity contribution in [3.05, 3.63) is 47.5 Å². The predicted octanol–water partition coefficient (Wildman–Crippen LogP) is 1.36. The van der Waals surface area contributed by atoms with Crippen molar-refractivity contribution in [2.24, 2.45) is 0 Å². The molecular formula is C19H27N5O2. The molecule has 0 bridgehead atoms. The summed E-state index contributed by atoms with van der Waals surface area (Å²) < 4.78 is 1.80. The number of hydrogen-bond acceptors (Lipinski definition) is 5. The standard InChI is InChI=1S/C19H27N5O2/c1-3-9-24-12-16(14(2)22-24)19(26)21-17-7-10-23(13-18(17)25)11-15-6-4-5-8-20-15/h4-6,8,12,17-18,25H,3,7,9-11,13H2,1-2H3,(H,21,26)/t17-,18-/m1/s1. The first-order valence-corrected chi connectivity index (χ1v) is 9.22. The topological polar surface area (TPSA) is 83.3 Å². The summed E-state index contributed by atoms with van der Waals surface area (Å²) in [5.41, 5.74) is 2.29. The van der Waals surface area contributed by atoms with Crippen LogP contribution in [0.5, 0.6) is 0 Å². The van der Waals surface area contributed by atoms with E-state index in [9.17, 15) is 9.90 Å². The molecule has 0 aliphatic carbocycles. The maximum absolute atomic E-state index is 12.6. The Morgan fingerprint density at radius 3 is 2.96 bits per heavy atom. The zero-order valence-electron chi connectivity index (χ0n) is 15.4. The molecule has 1 amide bonds. The molecule has 26 heavy (non-hydrogen) atoms. The molecule has 2 aromatic heterocycles. The largest absolute Gasteiger partial charge is 0.390 e. The average Bonchev–Trinajstić information content (AvgIpc) is 2.99. The molecule has 0 radical (unpaired) electrons. The van der Waals surface area contributed by atoms with Gasteiger partial charge < -0.3 is 10.4 Å². The molecule has 3 rings (SSSR count). The fraction of sp³-hybridized carbons (Fsp3) is 0.526. The summed E-state index contributed by atoms with van der Waals surface area (Å²) in [6, 6.07) is 5.60. The van der Waals surface area contributed by atoms with Gasteiger partial charge >= 0.3 is 0 Å². The van der Waals surface area contributed by atoms with Gasteiger partial charge in [0.2, 0.25) is 0 Å². The van der Waals surface area contributed by atoms with E-state index in [1.165, 1.54) is 0 Å². The molecule has 7 nitrogen and oxygen atoms in total. The van der Waals surface area contributed by atoms with Gasteiger partial charge in [0, 0.05) is 38.6 Å². The summed E-state index contributed by atoms with van der Waals surface area (Å²) in [6.45, 7) is 6.76. The molecule has 2 aromatic rings. The number of hydrogen-bond donors (Lipinski definition) is 2. The van der Waals surface area contributed by atoms with E-state index in [0.717, 1.165) is 30.9 Å². The zero-order chi connectivity index (χ0) is 18.5. The molecule has 2 N–H and O–H groups in total. The monoisotopic (exact) mass is 357 g/mol. The van der Waals surface area contributed by atoms with Crippen molar-refractivity contribution in [3.8, 4) is 0 Å². The molecule has 0 unspecified atom stereocenters. The van der Waals surface area contributed by atoms with Gasteiger partial charge in [0.15, 0.2) is 0 Å². The second-order valence-electron chi connectivity index (χ2n) is 6.88. The Bertz CT molecular complexity index is 731. The van der Waals surface area contributed by atoms with E-state index in [2.05, 4.69) is 27.2 Å². The van der Waals surface area contributed by atoms with Crippen LogP contribution in [0.25, 0.3) is 0 Å². The van der Waals surface area contributed by atoms with Gasteiger partial charge in [-0.25, -0.2) is 0 Å². The number of aryl methyl sites for hydroxylation is 2. The van der Waals surface area contributed by atoms with E-state index in [-0.39, 0.29) is 11.9 Å². The lowest BCUT2D eigenvalue weighted by Gasteiger charge is -2.36. The molecule has 3 heterocycles. The van der Waals surface area contributed by atoms with Gasteiger partial charge in [-0.2, -0.15) is 5.10 Å². The number of carbonyl (C=O) groups excluding carboxylic acids is 1. The summed E-state index contributed by atoms with van der Waals surface area (Å²) in [6.07, 6.45) is 4.65. The summed E-state index contributed by atoms with van der Waals surface area (Å²) >= 11 is 0. The minimum absolute atomic E-state index is 0.160. The van der Waals surface area contributed by atoms with Crippen LogP contribution >= 0.6 is 0 Å². The smallest absolute Gasteiger partial charge is 0.255 e. The number of piperidine rings is 1. The van der Waals surface area contributed by atoms with Crippen molar-refractivity contribution >= 4 is 5.91 Å². The minimum Gasteiger partial charge on any atom is -0.390 e. The van der Waals surface area contributed by atoms with Gasteiger partial charge in [0.05, 0.1) is 29.1 Å². The number of rotatable bonds is 6.